The third kappa shape index (κ3) is 4.04. The molecule has 1 aromatic carbocycles. The molecule has 0 aliphatic carbocycles. The molecule has 0 aromatic heterocycles. The van der Waals surface area contributed by atoms with E-state index in [1.165, 1.54) is 0 Å². The Morgan fingerprint density at radius 3 is 2.18 bits per heavy atom. The van der Waals surface area contributed by atoms with Gasteiger partial charge in [0, 0.05) is 11.4 Å². The molecule has 0 bridgehead atoms. The molecule has 0 aliphatic heterocycles. The van der Waals surface area contributed by atoms with Crippen molar-refractivity contribution in [3.05, 3.63) is 28.3 Å². The summed E-state index contributed by atoms with van der Waals surface area (Å²) in [6.07, 6.45) is 0.397. The van der Waals surface area contributed by atoms with E-state index in [4.69, 9.17) is 16.3 Å². The predicted octanol–water partition coefficient (Wildman–Crippen LogP) is 4.09. The van der Waals surface area contributed by atoms with Gasteiger partial charge >= 0.3 is 0 Å². The standard InChI is InChI=1S/C14H19ClO2/c1-9-6-12(7-10(2)13(9)15)17-14(4,5)8-11(3)16/h6-7H,8H2,1-5H3. The summed E-state index contributed by atoms with van der Waals surface area (Å²) >= 11 is 6.10. The number of rotatable bonds is 4. The van der Waals surface area contributed by atoms with Crippen LogP contribution in [0.5, 0.6) is 5.75 Å². The highest BCUT2D eigenvalue weighted by molar-refractivity contribution is 6.32. The van der Waals surface area contributed by atoms with Crippen LogP contribution in [0.4, 0.5) is 0 Å². The van der Waals surface area contributed by atoms with Crippen LogP contribution in [0.2, 0.25) is 5.02 Å². The summed E-state index contributed by atoms with van der Waals surface area (Å²) in [6.45, 7) is 9.28. The van der Waals surface area contributed by atoms with Crippen LogP contribution in [0.15, 0.2) is 12.1 Å². The van der Waals surface area contributed by atoms with Gasteiger partial charge in [0.1, 0.15) is 17.1 Å². The first-order valence-electron chi connectivity index (χ1n) is 5.66. The molecule has 0 radical (unpaired) electrons. The van der Waals surface area contributed by atoms with Crippen LogP contribution in [-0.4, -0.2) is 11.4 Å². The number of ketones is 1. The minimum absolute atomic E-state index is 0.123. The van der Waals surface area contributed by atoms with Crippen molar-refractivity contribution in [3.63, 3.8) is 0 Å². The Hall–Kier alpha value is -1.02. The minimum Gasteiger partial charge on any atom is -0.487 e. The van der Waals surface area contributed by atoms with E-state index in [-0.39, 0.29) is 5.78 Å². The number of hydrogen-bond acceptors (Lipinski definition) is 2. The Morgan fingerprint density at radius 1 is 1.29 bits per heavy atom. The molecule has 0 aliphatic rings. The van der Waals surface area contributed by atoms with E-state index >= 15 is 0 Å². The Morgan fingerprint density at radius 2 is 1.76 bits per heavy atom. The molecule has 17 heavy (non-hydrogen) atoms. The molecule has 2 nitrogen and oxygen atoms in total. The molecular formula is C14H19ClO2. The van der Waals surface area contributed by atoms with Gasteiger partial charge in [-0.05, 0) is 57.9 Å². The first-order valence-corrected chi connectivity index (χ1v) is 6.04. The summed E-state index contributed by atoms with van der Waals surface area (Å²) in [7, 11) is 0. The number of carbonyl (C=O) groups excluding carboxylic acids is 1. The van der Waals surface area contributed by atoms with E-state index in [1.54, 1.807) is 6.92 Å². The summed E-state index contributed by atoms with van der Waals surface area (Å²) < 4.78 is 5.85. The minimum atomic E-state index is -0.488. The monoisotopic (exact) mass is 254 g/mol. The number of ether oxygens (including phenoxy) is 1. The molecule has 94 valence electrons. The fraction of sp³-hybridized carbons (Fsp3) is 0.500. The van der Waals surface area contributed by atoms with Gasteiger partial charge in [0.25, 0.3) is 0 Å². The molecule has 0 spiro atoms. The molecular weight excluding hydrogens is 236 g/mol. The number of Topliss-reactive ketones (excluding diaryl/α,β-unsaturated/α-hetero) is 1. The summed E-state index contributed by atoms with van der Waals surface area (Å²) in [6, 6.07) is 3.80. The number of aryl methyl sites for hydroxylation is 2. The smallest absolute Gasteiger partial charge is 0.133 e. The topological polar surface area (TPSA) is 26.3 Å². The third-order valence-electron chi connectivity index (χ3n) is 2.48. The van der Waals surface area contributed by atoms with Crippen molar-refractivity contribution < 1.29 is 9.53 Å². The molecule has 1 rings (SSSR count). The fourth-order valence-corrected chi connectivity index (χ4v) is 2.03. The Bertz CT molecular complexity index is 413. The molecule has 0 N–H and O–H groups in total. The number of carbonyl (C=O) groups is 1. The average molecular weight is 255 g/mol. The van der Waals surface area contributed by atoms with Gasteiger partial charge in [0.2, 0.25) is 0 Å². The number of hydrogen-bond donors (Lipinski definition) is 0. The number of benzene rings is 1. The van der Waals surface area contributed by atoms with E-state index in [9.17, 15) is 4.79 Å². The van der Waals surface area contributed by atoms with Crippen LogP contribution < -0.4 is 4.74 Å². The van der Waals surface area contributed by atoms with Gasteiger partial charge in [0.15, 0.2) is 0 Å². The maximum Gasteiger partial charge on any atom is 0.133 e. The molecule has 0 saturated heterocycles. The van der Waals surface area contributed by atoms with Crippen molar-refractivity contribution in [3.8, 4) is 5.75 Å². The summed E-state index contributed by atoms with van der Waals surface area (Å²) in [4.78, 5) is 11.1. The van der Waals surface area contributed by atoms with Gasteiger partial charge in [-0.3, -0.25) is 4.79 Å². The van der Waals surface area contributed by atoms with E-state index in [2.05, 4.69) is 0 Å². The van der Waals surface area contributed by atoms with Crippen molar-refractivity contribution in [2.45, 2.75) is 46.6 Å². The summed E-state index contributed by atoms with van der Waals surface area (Å²) in [5.74, 6) is 0.882. The van der Waals surface area contributed by atoms with Gasteiger partial charge < -0.3 is 4.74 Å². The summed E-state index contributed by atoms with van der Waals surface area (Å²) in [5.41, 5.74) is 1.49. The molecule has 0 heterocycles. The van der Waals surface area contributed by atoms with Crippen LogP contribution in [0.25, 0.3) is 0 Å². The first kappa shape index (κ1) is 14.0. The number of halogens is 1. The molecule has 0 atom stereocenters. The molecule has 0 saturated carbocycles. The van der Waals surface area contributed by atoms with Crippen molar-refractivity contribution in [1.82, 2.24) is 0 Å². The first-order chi connectivity index (χ1) is 7.71. The second kappa shape index (κ2) is 5.09. The van der Waals surface area contributed by atoms with E-state index in [1.807, 2.05) is 39.8 Å². The normalized spacial score (nSPS) is 11.4. The van der Waals surface area contributed by atoms with Crippen molar-refractivity contribution in [2.24, 2.45) is 0 Å². The lowest BCUT2D eigenvalue weighted by atomic mass is 10.0. The van der Waals surface area contributed by atoms with Gasteiger partial charge in [-0.15, -0.1) is 0 Å². The third-order valence-corrected chi connectivity index (χ3v) is 3.07. The maximum atomic E-state index is 11.1. The summed E-state index contributed by atoms with van der Waals surface area (Å²) in [5, 5.41) is 0.765. The van der Waals surface area contributed by atoms with Crippen LogP contribution in [0.1, 0.15) is 38.3 Å². The molecule has 0 fully saturated rings. The quantitative estimate of drug-likeness (QED) is 0.809. The highest BCUT2D eigenvalue weighted by Gasteiger charge is 2.22. The maximum absolute atomic E-state index is 11.1. The van der Waals surface area contributed by atoms with E-state index in [0.29, 0.717) is 6.42 Å². The average Bonchev–Trinajstić information content (AvgIpc) is 2.10. The van der Waals surface area contributed by atoms with Crippen LogP contribution >= 0.6 is 11.6 Å². The van der Waals surface area contributed by atoms with Crippen LogP contribution in [0, 0.1) is 13.8 Å². The molecule has 0 amide bonds. The lowest BCUT2D eigenvalue weighted by Crippen LogP contribution is -2.30. The van der Waals surface area contributed by atoms with E-state index < -0.39 is 5.60 Å². The fourth-order valence-electron chi connectivity index (χ4n) is 1.92. The zero-order valence-corrected chi connectivity index (χ0v) is 11.8. The Balaban J connectivity index is 2.92. The lowest BCUT2D eigenvalue weighted by Gasteiger charge is -2.26. The van der Waals surface area contributed by atoms with Crippen molar-refractivity contribution in [1.29, 1.82) is 0 Å². The molecule has 1 aromatic rings. The Kier molecular flexibility index (Phi) is 4.21. The molecule has 0 unspecified atom stereocenters. The van der Waals surface area contributed by atoms with Gasteiger partial charge in [-0.2, -0.15) is 0 Å². The zero-order valence-electron chi connectivity index (χ0n) is 11.1. The van der Waals surface area contributed by atoms with Crippen molar-refractivity contribution in [2.75, 3.05) is 0 Å². The van der Waals surface area contributed by atoms with Crippen molar-refractivity contribution >= 4 is 17.4 Å². The predicted molar refractivity (Wildman–Crippen MR) is 70.9 cm³/mol. The Labute approximate surface area is 108 Å². The van der Waals surface area contributed by atoms with Crippen LogP contribution in [-0.2, 0) is 4.79 Å². The lowest BCUT2D eigenvalue weighted by molar-refractivity contribution is -0.120. The largest absolute Gasteiger partial charge is 0.487 e. The van der Waals surface area contributed by atoms with Crippen LogP contribution in [0.3, 0.4) is 0 Å². The van der Waals surface area contributed by atoms with Gasteiger partial charge in [0.05, 0.1) is 0 Å². The highest BCUT2D eigenvalue weighted by atomic mass is 35.5. The van der Waals surface area contributed by atoms with Gasteiger partial charge in [-0.25, -0.2) is 0 Å². The second-order valence-corrected chi connectivity index (χ2v) is 5.49. The molecule has 3 heteroatoms. The zero-order chi connectivity index (χ0) is 13.2. The highest BCUT2D eigenvalue weighted by Crippen LogP contribution is 2.29. The SMILES string of the molecule is CC(=O)CC(C)(C)Oc1cc(C)c(Cl)c(C)c1. The second-order valence-electron chi connectivity index (χ2n) is 5.11. The van der Waals surface area contributed by atoms with E-state index in [0.717, 1.165) is 21.9 Å². The van der Waals surface area contributed by atoms with Gasteiger partial charge in [-0.1, -0.05) is 11.6 Å².